The predicted octanol–water partition coefficient (Wildman–Crippen LogP) is 2.74. The number of halogens is 1. The summed E-state index contributed by atoms with van der Waals surface area (Å²) >= 11 is 5.77. The minimum atomic E-state index is -0.494. The number of alkyl halides is 1. The first-order valence-electron chi connectivity index (χ1n) is 5.53. The van der Waals surface area contributed by atoms with Crippen LogP contribution in [0.3, 0.4) is 0 Å². The average molecular weight is 279 g/mol. The van der Waals surface area contributed by atoms with E-state index in [1.807, 2.05) is 18.2 Å². The van der Waals surface area contributed by atoms with E-state index in [0.717, 1.165) is 5.69 Å². The molecule has 2 rings (SSSR count). The highest BCUT2D eigenvalue weighted by Crippen LogP contribution is 2.21. The Morgan fingerprint density at radius 3 is 2.84 bits per heavy atom. The van der Waals surface area contributed by atoms with Crippen LogP contribution in [0.4, 0.5) is 11.5 Å². The summed E-state index contributed by atoms with van der Waals surface area (Å²) in [5.74, 6) is 0.686. The third kappa shape index (κ3) is 3.38. The third-order valence-corrected chi connectivity index (χ3v) is 2.76. The lowest BCUT2D eigenvalue weighted by Gasteiger charge is -2.08. The summed E-state index contributed by atoms with van der Waals surface area (Å²) in [6, 6.07) is 7.01. The molecule has 0 fully saturated rings. The van der Waals surface area contributed by atoms with Crippen LogP contribution in [-0.2, 0) is 12.4 Å². The largest absolute Gasteiger partial charge is 0.364 e. The molecule has 0 radical (unpaired) electrons. The summed E-state index contributed by atoms with van der Waals surface area (Å²) in [7, 11) is 0. The van der Waals surface area contributed by atoms with Crippen LogP contribution in [0, 0.1) is 10.1 Å². The van der Waals surface area contributed by atoms with Crippen LogP contribution in [0.2, 0.25) is 0 Å². The van der Waals surface area contributed by atoms with Gasteiger partial charge in [-0.3, -0.25) is 15.1 Å². The number of nitrogens with one attached hydrogen (secondary N) is 1. The SMILES string of the molecule is O=[N+]([O-])c1cnc(NCc2ccccn2)c(CCl)c1. The van der Waals surface area contributed by atoms with Crippen LogP contribution in [0.5, 0.6) is 0 Å². The van der Waals surface area contributed by atoms with Crippen molar-refractivity contribution in [3.05, 3.63) is 58.0 Å². The number of hydrogen-bond donors (Lipinski definition) is 1. The van der Waals surface area contributed by atoms with Crippen molar-refractivity contribution in [2.75, 3.05) is 5.32 Å². The molecule has 0 unspecified atom stereocenters. The van der Waals surface area contributed by atoms with E-state index < -0.39 is 4.92 Å². The Bertz CT molecular complexity index is 577. The predicted molar refractivity (Wildman–Crippen MR) is 72.0 cm³/mol. The highest BCUT2D eigenvalue weighted by atomic mass is 35.5. The van der Waals surface area contributed by atoms with Gasteiger partial charge >= 0.3 is 0 Å². The van der Waals surface area contributed by atoms with Crippen LogP contribution >= 0.6 is 11.6 Å². The first kappa shape index (κ1) is 13.2. The Morgan fingerprint density at radius 1 is 1.37 bits per heavy atom. The van der Waals surface area contributed by atoms with Crippen molar-refractivity contribution in [2.24, 2.45) is 0 Å². The maximum absolute atomic E-state index is 10.7. The van der Waals surface area contributed by atoms with Gasteiger partial charge in [-0.2, -0.15) is 0 Å². The van der Waals surface area contributed by atoms with Crippen LogP contribution in [0.1, 0.15) is 11.3 Å². The van der Waals surface area contributed by atoms with Gasteiger partial charge in [-0.15, -0.1) is 11.6 Å². The van der Waals surface area contributed by atoms with E-state index in [1.165, 1.54) is 12.3 Å². The van der Waals surface area contributed by atoms with E-state index in [9.17, 15) is 10.1 Å². The number of nitro groups is 1. The fraction of sp³-hybridized carbons (Fsp3) is 0.167. The molecule has 98 valence electrons. The van der Waals surface area contributed by atoms with E-state index in [-0.39, 0.29) is 11.6 Å². The highest BCUT2D eigenvalue weighted by molar-refractivity contribution is 6.17. The zero-order valence-corrected chi connectivity index (χ0v) is 10.7. The van der Waals surface area contributed by atoms with Gasteiger partial charge in [0.1, 0.15) is 12.0 Å². The standard InChI is InChI=1S/C12H11ClN4O2/c13-6-9-5-11(17(18)19)8-16-12(9)15-7-10-3-1-2-4-14-10/h1-5,8H,6-7H2,(H,15,16). The fourth-order valence-corrected chi connectivity index (χ4v) is 1.74. The molecule has 6 nitrogen and oxygen atoms in total. The molecule has 0 aromatic carbocycles. The smallest absolute Gasteiger partial charge is 0.288 e. The van der Waals surface area contributed by atoms with Gasteiger partial charge < -0.3 is 5.32 Å². The molecule has 0 aliphatic rings. The molecule has 0 aliphatic heterocycles. The summed E-state index contributed by atoms with van der Waals surface area (Å²) in [6.07, 6.45) is 2.90. The molecule has 19 heavy (non-hydrogen) atoms. The topological polar surface area (TPSA) is 81.0 Å². The first-order valence-corrected chi connectivity index (χ1v) is 6.07. The van der Waals surface area contributed by atoms with Gasteiger partial charge in [0, 0.05) is 17.8 Å². The zero-order chi connectivity index (χ0) is 13.7. The van der Waals surface area contributed by atoms with Gasteiger partial charge in [-0.25, -0.2) is 4.98 Å². The molecule has 0 atom stereocenters. The van der Waals surface area contributed by atoms with Crippen molar-refractivity contribution in [3.8, 4) is 0 Å². The molecule has 0 bridgehead atoms. The zero-order valence-electron chi connectivity index (χ0n) is 9.91. The lowest BCUT2D eigenvalue weighted by atomic mass is 10.2. The lowest BCUT2D eigenvalue weighted by molar-refractivity contribution is -0.385. The molecule has 7 heteroatoms. The Kier molecular flexibility index (Phi) is 4.25. The number of hydrogen-bond acceptors (Lipinski definition) is 5. The van der Waals surface area contributed by atoms with Gasteiger partial charge in [0.25, 0.3) is 5.69 Å². The summed E-state index contributed by atoms with van der Waals surface area (Å²) in [4.78, 5) is 18.3. The molecule has 0 saturated heterocycles. The molecule has 2 aromatic rings. The second kappa shape index (κ2) is 6.10. The van der Waals surface area contributed by atoms with Gasteiger partial charge in [-0.05, 0) is 12.1 Å². The minimum absolute atomic E-state index is 0.0703. The Labute approximate surface area is 114 Å². The second-order valence-corrected chi connectivity index (χ2v) is 4.03. The van der Waals surface area contributed by atoms with Crippen molar-refractivity contribution >= 4 is 23.1 Å². The van der Waals surface area contributed by atoms with Crippen molar-refractivity contribution in [1.29, 1.82) is 0 Å². The minimum Gasteiger partial charge on any atom is -0.364 e. The van der Waals surface area contributed by atoms with E-state index in [2.05, 4.69) is 15.3 Å². The summed E-state index contributed by atoms with van der Waals surface area (Å²) in [5.41, 5.74) is 1.37. The highest BCUT2D eigenvalue weighted by Gasteiger charge is 2.11. The normalized spacial score (nSPS) is 10.2. The molecule has 0 spiro atoms. The van der Waals surface area contributed by atoms with E-state index in [4.69, 9.17) is 11.6 Å². The van der Waals surface area contributed by atoms with Crippen molar-refractivity contribution in [2.45, 2.75) is 12.4 Å². The van der Waals surface area contributed by atoms with E-state index >= 15 is 0 Å². The van der Waals surface area contributed by atoms with Crippen LogP contribution < -0.4 is 5.32 Å². The number of anilines is 1. The molecule has 0 aliphatic carbocycles. The van der Waals surface area contributed by atoms with Crippen molar-refractivity contribution < 1.29 is 4.92 Å². The van der Waals surface area contributed by atoms with Crippen LogP contribution in [-0.4, -0.2) is 14.9 Å². The molecular weight excluding hydrogens is 268 g/mol. The Hall–Kier alpha value is -2.21. The number of pyridine rings is 2. The molecule has 0 amide bonds. The second-order valence-electron chi connectivity index (χ2n) is 3.77. The third-order valence-electron chi connectivity index (χ3n) is 2.47. The van der Waals surface area contributed by atoms with Gasteiger partial charge in [0.05, 0.1) is 23.0 Å². The lowest BCUT2D eigenvalue weighted by Crippen LogP contribution is -2.05. The molecule has 2 aromatic heterocycles. The van der Waals surface area contributed by atoms with Crippen molar-refractivity contribution in [3.63, 3.8) is 0 Å². The van der Waals surface area contributed by atoms with Crippen molar-refractivity contribution in [1.82, 2.24) is 9.97 Å². The number of nitrogens with zero attached hydrogens (tertiary/aromatic N) is 3. The summed E-state index contributed by atoms with van der Waals surface area (Å²) < 4.78 is 0. The Balaban J connectivity index is 2.14. The number of aromatic nitrogens is 2. The maximum Gasteiger partial charge on any atom is 0.288 e. The first-order chi connectivity index (χ1) is 9.20. The molecular formula is C12H11ClN4O2. The molecule has 0 saturated carbocycles. The maximum atomic E-state index is 10.7. The van der Waals surface area contributed by atoms with Crippen LogP contribution in [0.25, 0.3) is 0 Å². The molecule has 1 N–H and O–H groups in total. The van der Waals surface area contributed by atoms with Crippen LogP contribution in [0.15, 0.2) is 36.7 Å². The average Bonchev–Trinajstić information content (AvgIpc) is 2.45. The number of rotatable bonds is 5. The molecule has 2 heterocycles. The van der Waals surface area contributed by atoms with Gasteiger partial charge in [0.15, 0.2) is 0 Å². The van der Waals surface area contributed by atoms with E-state index in [0.29, 0.717) is 17.9 Å². The van der Waals surface area contributed by atoms with Gasteiger partial charge in [-0.1, -0.05) is 6.07 Å². The quantitative estimate of drug-likeness (QED) is 0.517. The monoisotopic (exact) mass is 278 g/mol. The van der Waals surface area contributed by atoms with E-state index in [1.54, 1.807) is 6.20 Å². The fourth-order valence-electron chi connectivity index (χ4n) is 1.54. The summed E-state index contributed by atoms with van der Waals surface area (Å²) in [6.45, 7) is 0.482. The van der Waals surface area contributed by atoms with Gasteiger partial charge in [0.2, 0.25) is 0 Å². The summed E-state index contributed by atoms with van der Waals surface area (Å²) in [5, 5.41) is 13.7. The Morgan fingerprint density at radius 2 is 2.21 bits per heavy atom.